The van der Waals surface area contributed by atoms with Crippen LogP contribution in [-0.4, -0.2) is 10.8 Å². The summed E-state index contributed by atoms with van der Waals surface area (Å²) in [5, 5.41) is 1.39. The van der Waals surface area contributed by atoms with Crippen molar-refractivity contribution in [3.63, 3.8) is 0 Å². The van der Waals surface area contributed by atoms with Crippen LogP contribution < -0.4 is 0 Å². The van der Waals surface area contributed by atoms with E-state index < -0.39 is 0 Å². The zero-order chi connectivity index (χ0) is 16.4. The summed E-state index contributed by atoms with van der Waals surface area (Å²) in [4.78, 5) is 16.6. The van der Waals surface area contributed by atoms with Gasteiger partial charge in [-0.15, -0.1) is 0 Å². The number of aryl methyl sites for hydroxylation is 1. The molecule has 3 aromatic rings. The largest absolute Gasteiger partial charge is 0.289 e. The number of ketones is 1. The molecule has 0 radical (unpaired) electrons. The van der Waals surface area contributed by atoms with Crippen LogP contribution in [0, 0.1) is 6.92 Å². The average molecular weight is 387 g/mol. The highest BCUT2D eigenvalue weighted by atomic mass is 79.9. The van der Waals surface area contributed by atoms with Crippen molar-refractivity contribution in [1.82, 2.24) is 4.98 Å². The quantitative estimate of drug-likeness (QED) is 0.321. The lowest BCUT2D eigenvalue weighted by Crippen LogP contribution is -1.93. The van der Waals surface area contributed by atoms with E-state index in [1.807, 2.05) is 43.3 Å². The van der Waals surface area contributed by atoms with Crippen molar-refractivity contribution in [2.75, 3.05) is 0 Å². The maximum atomic E-state index is 12.2. The van der Waals surface area contributed by atoms with Gasteiger partial charge in [-0.2, -0.15) is 0 Å². The topological polar surface area (TPSA) is 30.0 Å². The van der Waals surface area contributed by atoms with E-state index in [1.54, 1.807) is 18.2 Å². The smallest absolute Gasteiger partial charge is 0.185 e. The van der Waals surface area contributed by atoms with Crippen molar-refractivity contribution in [2.45, 2.75) is 6.92 Å². The second kappa shape index (κ2) is 6.65. The van der Waals surface area contributed by atoms with Crippen LogP contribution in [0.2, 0.25) is 5.15 Å². The molecule has 2 aromatic carbocycles. The summed E-state index contributed by atoms with van der Waals surface area (Å²) in [5.41, 5.74) is 3.35. The number of hydrogen-bond acceptors (Lipinski definition) is 2. The molecule has 1 aromatic heterocycles. The molecular formula is C19H13BrClNO. The Bertz CT molecular complexity index is 917. The number of fused-ring (bicyclic) bond motifs is 1. The minimum Gasteiger partial charge on any atom is -0.289 e. The number of carbonyl (C=O) groups is 1. The Morgan fingerprint density at radius 2 is 1.87 bits per heavy atom. The van der Waals surface area contributed by atoms with E-state index in [2.05, 4.69) is 20.9 Å². The number of carbonyl (C=O) groups excluding carboxylic acids is 1. The number of pyridine rings is 1. The standard InChI is InChI=1S/C19H13BrClNO/c1-12-2-3-14-11-15(19(21)22-17(14)10-12)6-9-18(23)13-4-7-16(20)8-5-13/h2-11H,1H3. The Morgan fingerprint density at radius 1 is 1.13 bits per heavy atom. The molecule has 0 bridgehead atoms. The van der Waals surface area contributed by atoms with Crippen molar-refractivity contribution in [2.24, 2.45) is 0 Å². The van der Waals surface area contributed by atoms with Gasteiger partial charge in [0, 0.05) is 21.0 Å². The van der Waals surface area contributed by atoms with Crippen molar-refractivity contribution < 1.29 is 4.79 Å². The molecule has 4 heteroatoms. The first kappa shape index (κ1) is 15.9. The predicted molar refractivity (Wildman–Crippen MR) is 99.0 cm³/mol. The molecule has 0 amide bonds. The summed E-state index contributed by atoms with van der Waals surface area (Å²) in [6.07, 6.45) is 3.23. The zero-order valence-corrected chi connectivity index (χ0v) is 14.7. The fourth-order valence-electron chi connectivity index (χ4n) is 2.26. The van der Waals surface area contributed by atoms with Gasteiger partial charge in [-0.3, -0.25) is 4.79 Å². The van der Waals surface area contributed by atoms with E-state index in [0.717, 1.165) is 26.5 Å². The Kier molecular flexibility index (Phi) is 4.60. The predicted octanol–water partition coefficient (Wildman–Crippen LogP) is 5.86. The van der Waals surface area contributed by atoms with Crippen molar-refractivity contribution >= 4 is 50.3 Å². The molecule has 0 unspecified atom stereocenters. The fourth-order valence-corrected chi connectivity index (χ4v) is 2.74. The lowest BCUT2D eigenvalue weighted by atomic mass is 10.1. The summed E-state index contributed by atoms with van der Waals surface area (Å²) < 4.78 is 0.940. The lowest BCUT2D eigenvalue weighted by Gasteiger charge is -2.03. The summed E-state index contributed by atoms with van der Waals surface area (Å²) in [6, 6.07) is 15.2. The maximum absolute atomic E-state index is 12.2. The molecule has 0 fully saturated rings. The van der Waals surface area contributed by atoms with Gasteiger partial charge in [-0.25, -0.2) is 4.98 Å². The molecule has 0 N–H and O–H groups in total. The third-order valence-corrected chi connectivity index (χ3v) is 4.33. The number of aromatic nitrogens is 1. The minimum absolute atomic E-state index is 0.0717. The van der Waals surface area contributed by atoms with Crippen LogP contribution in [0.5, 0.6) is 0 Å². The Labute approximate surface area is 147 Å². The van der Waals surface area contributed by atoms with Gasteiger partial charge in [-0.05, 0) is 61.0 Å². The van der Waals surface area contributed by atoms with Crippen LogP contribution in [0.15, 0.2) is 59.1 Å². The highest BCUT2D eigenvalue weighted by Crippen LogP contribution is 2.23. The Hall–Kier alpha value is -1.97. The second-order valence-corrected chi connectivity index (χ2v) is 6.54. The van der Waals surface area contributed by atoms with E-state index >= 15 is 0 Å². The fraction of sp³-hybridized carbons (Fsp3) is 0.0526. The van der Waals surface area contributed by atoms with Crippen LogP contribution in [0.4, 0.5) is 0 Å². The highest BCUT2D eigenvalue weighted by Gasteiger charge is 2.05. The summed E-state index contributed by atoms with van der Waals surface area (Å²) in [7, 11) is 0. The zero-order valence-electron chi connectivity index (χ0n) is 12.4. The lowest BCUT2D eigenvalue weighted by molar-refractivity contribution is 0.104. The molecule has 114 valence electrons. The van der Waals surface area contributed by atoms with Gasteiger partial charge in [0.05, 0.1) is 5.52 Å². The molecule has 3 rings (SSSR count). The monoisotopic (exact) mass is 385 g/mol. The van der Waals surface area contributed by atoms with Crippen LogP contribution in [0.1, 0.15) is 21.5 Å². The SMILES string of the molecule is Cc1ccc2cc(C=CC(=O)c3ccc(Br)cc3)c(Cl)nc2c1. The molecule has 2 nitrogen and oxygen atoms in total. The Morgan fingerprint density at radius 3 is 2.61 bits per heavy atom. The maximum Gasteiger partial charge on any atom is 0.185 e. The normalized spacial score (nSPS) is 11.3. The van der Waals surface area contributed by atoms with Gasteiger partial charge in [-0.1, -0.05) is 39.7 Å². The van der Waals surface area contributed by atoms with Gasteiger partial charge in [0.1, 0.15) is 5.15 Å². The van der Waals surface area contributed by atoms with Crippen molar-refractivity contribution in [3.8, 4) is 0 Å². The van der Waals surface area contributed by atoms with Crippen LogP contribution in [0.25, 0.3) is 17.0 Å². The third kappa shape index (κ3) is 3.69. The number of halogens is 2. The summed E-state index contributed by atoms with van der Waals surface area (Å²) >= 11 is 9.58. The molecule has 0 atom stereocenters. The number of allylic oxidation sites excluding steroid dienone is 1. The minimum atomic E-state index is -0.0717. The second-order valence-electron chi connectivity index (χ2n) is 5.27. The molecule has 0 spiro atoms. The van der Waals surface area contributed by atoms with Gasteiger partial charge >= 0.3 is 0 Å². The first-order valence-electron chi connectivity index (χ1n) is 7.08. The van der Waals surface area contributed by atoms with Crippen LogP contribution in [0.3, 0.4) is 0 Å². The van der Waals surface area contributed by atoms with E-state index in [0.29, 0.717) is 10.7 Å². The molecule has 0 saturated heterocycles. The summed E-state index contributed by atoms with van der Waals surface area (Å²) in [5.74, 6) is -0.0717. The average Bonchev–Trinajstić information content (AvgIpc) is 2.53. The molecule has 1 heterocycles. The molecule has 0 saturated carbocycles. The molecule has 23 heavy (non-hydrogen) atoms. The first-order valence-corrected chi connectivity index (χ1v) is 8.25. The number of benzene rings is 2. The molecule has 0 aliphatic rings. The van der Waals surface area contributed by atoms with E-state index in [4.69, 9.17) is 11.6 Å². The van der Waals surface area contributed by atoms with E-state index in [1.165, 1.54) is 6.08 Å². The van der Waals surface area contributed by atoms with Crippen molar-refractivity contribution in [1.29, 1.82) is 0 Å². The first-order chi connectivity index (χ1) is 11.0. The van der Waals surface area contributed by atoms with Gasteiger partial charge in [0.15, 0.2) is 5.78 Å². The number of hydrogen-bond donors (Lipinski definition) is 0. The summed E-state index contributed by atoms with van der Waals surface area (Å²) in [6.45, 7) is 2.01. The van der Waals surface area contributed by atoms with Crippen molar-refractivity contribution in [3.05, 3.63) is 80.9 Å². The van der Waals surface area contributed by atoms with Crippen LogP contribution in [-0.2, 0) is 0 Å². The number of rotatable bonds is 3. The van der Waals surface area contributed by atoms with E-state index in [-0.39, 0.29) is 5.78 Å². The highest BCUT2D eigenvalue weighted by molar-refractivity contribution is 9.10. The molecular weight excluding hydrogens is 374 g/mol. The third-order valence-electron chi connectivity index (χ3n) is 3.50. The van der Waals surface area contributed by atoms with Gasteiger partial charge in [0.25, 0.3) is 0 Å². The molecule has 0 aliphatic carbocycles. The van der Waals surface area contributed by atoms with Gasteiger partial charge < -0.3 is 0 Å². The Balaban J connectivity index is 1.91. The van der Waals surface area contributed by atoms with Crippen LogP contribution >= 0.6 is 27.5 Å². The molecule has 0 aliphatic heterocycles. The van der Waals surface area contributed by atoms with E-state index in [9.17, 15) is 4.79 Å². The number of nitrogens with zero attached hydrogens (tertiary/aromatic N) is 1. The van der Waals surface area contributed by atoms with Gasteiger partial charge in [0.2, 0.25) is 0 Å².